The molecule has 152 valence electrons. The number of hydrogen-bond donors (Lipinski definition) is 3. The monoisotopic (exact) mass is 419 g/mol. The van der Waals surface area contributed by atoms with Gasteiger partial charge in [-0.2, -0.15) is 0 Å². The lowest BCUT2D eigenvalue weighted by atomic mass is 10.1. The summed E-state index contributed by atoms with van der Waals surface area (Å²) < 4.78 is 5.37. The fraction of sp³-hybridized carbons (Fsp3) is 0.0870. The fourth-order valence-electron chi connectivity index (χ4n) is 2.61. The molecule has 0 atom stereocenters. The first kappa shape index (κ1) is 21.0. The van der Waals surface area contributed by atoms with E-state index in [0.717, 1.165) is 5.56 Å². The normalized spacial score (nSPS) is 10.0. The molecule has 0 unspecified atom stereocenters. The summed E-state index contributed by atoms with van der Waals surface area (Å²) in [6, 6.07) is 25.6. The summed E-state index contributed by atoms with van der Waals surface area (Å²) in [5, 5.41) is 8.50. The van der Waals surface area contributed by atoms with Crippen molar-refractivity contribution in [1.82, 2.24) is 5.32 Å². The van der Waals surface area contributed by atoms with Crippen LogP contribution in [0.2, 0.25) is 0 Å². The number of carbonyl (C=O) groups is 2. The number of rotatable bonds is 7. The Kier molecular flexibility index (Phi) is 7.51. The average Bonchev–Trinajstić information content (AvgIpc) is 2.75. The Hall–Kier alpha value is -3.71. The minimum absolute atomic E-state index is 0.0943. The number of benzene rings is 3. The van der Waals surface area contributed by atoms with Gasteiger partial charge >= 0.3 is 0 Å². The van der Waals surface area contributed by atoms with Gasteiger partial charge in [0.2, 0.25) is 5.91 Å². The number of ether oxygens (including phenoxy) is 1. The Labute approximate surface area is 180 Å². The van der Waals surface area contributed by atoms with Crippen molar-refractivity contribution in [3.05, 3.63) is 90.5 Å². The molecule has 3 rings (SSSR count). The van der Waals surface area contributed by atoms with Crippen molar-refractivity contribution < 1.29 is 14.3 Å². The molecule has 0 saturated heterocycles. The van der Waals surface area contributed by atoms with Gasteiger partial charge in [-0.15, -0.1) is 0 Å². The van der Waals surface area contributed by atoms with E-state index in [4.69, 9.17) is 17.0 Å². The SMILES string of the molecule is O=C(COc1ccccc1)NC(=S)Nc1ccc(NC(=O)Cc2ccccc2)cc1. The third-order valence-electron chi connectivity index (χ3n) is 4.00. The van der Waals surface area contributed by atoms with E-state index >= 15 is 0 Å². The van der Waals surface area contributed by atoms with Crippen LogP contribution in [0.15, 0.2) is 84.9 Å². The molecule has 0 bridgehead atoms. The zero-order valence-electron chi connectivity index (χ0n) is 16.1. The molecule has 3 aromatic carbocycles. The van der Waals surface area contributed by atoms with Crippen molar-refractivity contribution in [2.75, 3.05) is 17.2 Å². The molecule has 0 aromatic heterocycles. The highest BCUT2D eigenvalue weighted by Crippen LogP contribution is 2.14. The van der Waals surface area contributed by atoms with E-state index < -0.39 is 0 Å². The zero-order valence-corrected chi connectivity index (χ0v) is 16.9. The van der Waals surface area contributed by atoms with E-state index in [-0.39, 0.29) is 23.5 Å². The molecule has 2 amide bonds. The third-order valence-corrected chi connectivity index (χ3v) is 4.20. The largest absolute Gasteiger partial charge is 0.484 e. The molecule has 0 spiro atoms. The molecule has 0 aliphatic heterocycles. The van der Waals surface area contributed by atoms with Crippen molar-refractivity contribution in [2.45, 2.75) is 6.42 Å². The van der Waals surface area contributed by atoms with Crippen LogP contribution < -0.4 is 20.7 Å². The second kappa shape index (κ2) is 10.7. The highest BCUT2D eigenvalue weighted by Gasteiger charge is 2.07. The maximum atomic E-state index is 12.1. The van der Waals surface area contributed by atoms with Crippen LogP contribution in [-0.4, -0.2) is 23.5 Å². The minimum atomic E-state index is -0.360. The number of nitrogens with one attached hydrogen (secondary N) is 3. The van der Waals surface area contributed by atoms with Crippen LogP contribution in [0, 0.1) is 0 Å². The minimum Gasteiger partial charge on any atom is -0.484 e. The van der Waals surface area contributed by atoms with Crippen LogP contribution in [-0.2, 0) is 16.0 Å². The number of amides is 2. The lowest BCUT2D eigenvalue weighted by molar-refractivity contribution is -0.121. The van der Waals surface area contributed by atoms with Crippen LogP contribution in [0.3, 0.4) is 0 Å². The summed E-state index contributed by atoms with van der Waals surface area (Å²) in [6.45, 7) is -0.141. The molecule has 0 saturated carbocycles. The highest BCUT2D eigenvalue weighted by molar-refractivity contribution is 7.80. The lowest BCUT2D eigenvalue weighted by Crippen LogP contribution is -2.37. The average molecular weight is 420 g/mol. The van der Waals surface area contributed by atoms with Crippen LogP contribution in [0.25, 0.3) is 0 Å². The van der Waals surface area contributed by atoms with Gasteiger partial charge in [-0.3, -0.25) is 14.9 Å². The zero-order chi connectivity index (χ0) is 21.2. The van der Waals surface area contributed by atoms with Crippen LogP contribution in [0.4, 0.5) is 11.4 Å². The first-order chi connectivity index (χ1) is 14.6. The van der Waals surface area contributed by atoms with Gasteiger partial charge in [0.15, 0.2) is 11.7 Å². The second-order valence-electron chi connectivity index (χ2n) is 6.39. The number of carbonyl (C=O) groups excluding carboxylic acids is 2. The first-order valence-electron chi connectivity index (χ1n) is 9.31. The Morgan fingerprint density at radius 2 is 1.30 bits per heavy atom. The maximum Gasteiger partial charge on any atom is 0.264 e. The summed E-state index contributed by atoms with van der Waals surface area (Å²) in [4.78, 5) is 24.1. The molecule has 6 nitrogen and oxygen atoms in total. The van der Waals surface area contributed by atoms with Crippen molar-refractivity contribution in [1.29, 1.82) is 0 Å². The van der Waals surface area contributed by atoms with E-state index in [1.54, 1.807) is 36.4 Å². The number of thiocarbonyl (C=S) groups is 1. The van der Waals surface area contributed by atoms with E-state index in [1.165, 1.54) is 0 Å². The van der Waals surface area contributed by atoms with Gasteiger partial charge in [0.25, 0.3) is 5.91 Å². The molecule has 0 aliphatic rings. The molecule has 3 aromatic rings. The van der Waals surface area contributed by atoms with E-state index in [1.807, 2.05) is 48.5 Å². The van der Waals surface area contributed by atoms with Gasteiger partial charge in [-0.25, -0.2) is 0 Å². The number of anilines is 2. The van der Waals surface area contributed by atoms with Gasteiger partial charge in [0.1, 0.15) is 5.75 Å². The molecule has 7 heteroatoms. The van der Waals surface area contributed by atoms with E-state index in [9.17, 15) is 9.59 Å². The molecular formula is C23H21N3O3S. The summed E-state index contributed by atoms with van der Waals surface area (Å²) in [5.74, 6) is 0.153. The Morgan fingerprint density at radius 3 is 1.93 bits per heavy atom. The number of hydrogen-bond acceptors (Lipinski definition) is 4. The Bertz CT molecular complexity index is 993. The molecule has 30 heavy (non-hydrogen) atoms. The molecule has 0 aliphatic carbocycles. The topological polar surface area (TPSA) is 79.5 Å². The second-order valence-corrected chi connectivity index (χ2v) is 6.80. The van der Waals surface area contributed by atoms with Crippen molar-refractivity contribution in [3.63, 3.8) is 0 Å². The first-order valence-corrected chi connectivity index (χ1v) is 9.72. The number of para-hydroxylation sites is 1. The Balaban J connectivity index is 1.42. The van der Waals surface area contributed by atoms with Crippen LogP contribution >= 0.6 is 12.2 Å². The summed E-state index contributed by atoms with van der Waals surface area (Å²) in [5.41, 5.74) is 2.31. The van der Waals surface area contributed by atoms with Crippen LogP contribution in [0.5, 0.6) is 5.75 Å². The lowest BCUT2D eigenvalue weighted by Gasteiger charge is -2.11. The maximum absolute atomic E-state index is 12.1. The predicted molar refractivity (Wildman–Crippen MR) is 122 cm³/mol. The predicted octanol–water partition coefficient (Wildman–Crippen LogP) is 3.76. The van der Waals surface area contributed by atoms with Gasteiger partial charge in [-0.1, -0.05) is 48.5 Å². The van der Waals surface area contributed by atoms with Crippen molar-refractivity contribution in [2.24, 2.45) is 0 Å². The van der Waals surface area contributed by atoms with Crippen molar-refractivity contribution >= 4 is 40.5 Å². The quantitative estimate of drug-likeness (QED) is 0.508. The van der Waals surface area contributed by atoms with Crippen LogP contribution in [0.1, 0.15) is 5.56 Å². The molecule has 3 N–H and O–H groups in total. The standard InChI is InChI=1S/C23H21N3O3S/c27-21(15-17-7-3-1-4-8-17)24-18-11-13-19(14-12-18)25-23(30)26-22(28)16-29-20-9-5-2-6-10-20/h1-14H,15-16H2,(H,24,27)(H2,25,26,28,30). The van der Waals surface area contributed by atoms with E-state index in [0.29, 0.717) is 23.5 Å². The Morgan fingerprint density at radius 1 is 0.733 bits per heavy atom. The molecular weight excluding hydrogens is 398 g/mol. The highest BCUT2D eigenvalue weighted by atomic mass is 32.1. The third kappa shape index (κ3) is 7.03. The fourth-order valence-corrected chi connectivity index (χ4v) is 2.85. The summed E-state index contributed by atoms with van der Waals surface area (Å²) in [7, 11) is 0. The van der Waals surface area contributed by atoms with Crippen molar-refractivity contribution in [3.8, 4) is 5.75 Å². The smallest absolute Gasteiger partial charge is 0.264 e. The molecule has 0 heterocycles. The molecule has 0 radical (unpaired) electrons. The van der Waals surface area contributed by atoms with Gasteiger partial charge in [-0.05, 0) is 54.2 Å². The molecule has 0 fully saturated rings. The van der Waals surface area contributed by atoms with Gasteiger partial charge in [0.05, 0.1) is 6.42 Å². The van der Waals surface area contributed by atoms with E-state index in [2.05, 4.69) is 16.0 Å². The van der Waals surface area contributed by atoms with Gasteiger partial charge in [0, 0.05) is 11.4 Å². The summed E-state index contributed by atoms with van der Waals surface area (Å²) in [6.07, 6.45) is 0.308. The summed E-state index contributed by atoms with van der Waals surface area (Å²) >= 11 is 5.15. The van der Waals surface area contributed by atoms with Gasteiger partial charge < -0.3 is 15.4 Å².